The summed E-state index contributed by atoms with van der Waals surface area (Å²) in [6, 6.07) is 14.6. The summed E-state index contributed by atoms with van der Waals surface area (Å²) in [7, 11) is 0. The van der Waals surface area contributed by atoms with Gasteiger partial charge in [0, 0.05) is 28.8 Å². The number of aromatic hydroxyl groups is 2. The highest BCUT2D eigenvalue weighted by molar-refractivity contribution is 6.33. The van der Waals surface area contributed by atoms with Crippen molar-refractivity contribution >= 4 is 64.3 Å². The Bertz CT molecular complexity index is 2520. The second kappa shape index (κ2) is 14.3. The molecule has 1 aromatic heterocycles. The highest BCUT2D eigenvalue weighted by Gasteiger charge is 2.71. The molecule has 6 atom stereocenters. The van der Waals surface area contributed by atoms with Crippen LogP contribution in [0.1, 0.15) is 52.7 Å². The normalized spacial score (nSPS) is 25.1. The topological polar surface area (TPSA) is 187 Å². The van der Waals surface area contributed by atoms with Crippen molar-refractivity contribution in [3.05, 3.63) is 117 Å². The maximum absolute atomic E-state index is 15.4. The van der Waals surface area contributed by atoms with E-state index in [-0.39, 0.29) is 52.8 Å². The number of para-hydroxylation sites is 1. The van der Waals surface area contributed by atoms with Gasteiger partial charge in [-0.25, -0.2) is 14.7 Å². The molecule has 2 aliphatic carbocycles. The minimum atomic E-state index is -4.80. The van der Waals surface area contributed by atoms with Crippen molar-refractivity contribution in [2.45, 2.75) is 37.3 Å². The van der Waals surface area contributed by atoms with E-state index >= 15 is 4.79 Å². The third-order valence-electron chi connectivity index (χ3n) is 11.7. The van der Waals surface area contributed by atoms with Gasteiger partial charge in [0.1, 0.15) is 11.3 Å². The molecule has 0 bridgehead atoms. The number of aromatic carboxylic acids is 1. The Morgan fingerprint density at radius 3 is 2.36 bits per heavy atom. The summed E-state index contributed by atoms with van der Waals surface area (Å²) in [4.78, 5) is 75.2. The molecule has 0 unspecified atom stereocenters. The molecular weight excluding hydrogens is 820 g/mol. The average Bonchev–Trinajstić information content (AvgIpc) is 3.57. The number of phenols is 2. The molecule has 2 saturated heterocycles. The van der Waals surface area contributed by atoms with E-state index < -0.39 is 98.5 Å². The number of pyridine rings is 1. The van der Waals surface area contributed by atoms with Gasteiger partial charge in [0.05, 0.1) is 46.0 Å². The van der Waals surface area contributed by atoms with Crippen LogP contribution < -0.4 is 15.1 Å². The molecule has 8 rings (SSSR count). The first kappa shape index (κ1) is 39.7. The number of nitrogens with one attached hydrogen (secondary N) is 1. The van der Waals surface area contributed by atoms with Gasteiger partial charge in [-0.3, -0.25) is 24.6 Å². The molecule has 3 aromatic carbocycles. The first-order chi connectivity index (χ1) is 28.0. The molecule has 4 amide bonds. The van der Waals surface area contributed by atoms with Gasteiger partial charge in [0.25, 0.3) is 11.8 Å². The van der Waals surface area contributed by atoms with Gasteiger partial charge < -0.3 is 20.1 Å². The number of carbonyl (C=O) groups excluding carboxylic acids is 4. The van der Waals surface area contributed by atoms with E-state index in [0.29, 0.717) is 22.8 Å². The number of carboxylic acid groups (broad SMARTS) is 1. The zero-order chi connectivity index (χ0) is 42.3. The van der Waals surface area contributed by atoms with Crippen LogP contribution in [0.5, 0.6) is 17.2 Å². The third kappa shape index (κ3) is 6.06. The predicted molar refractivity (Wildman–Crippen MR) is 204 cm³/mol. The lowest BCUT2D eigenvalue weighted by molar-refractivity contribution is -0.139. The van der Waals surface area contributed by atoms with E-state index in [2.05, 4.69) is 10.4 Å². The molecule has 304 valence electrons. The first-order valence-electron chi connectivity index (χ1n) is 18.2. The lowest BCUT2D eigenvalue weighted by atomic mass is 9.49. The molecule has 13 nitrogen and oxygen atoms in total. The molecule has 1 saturated carbocycles. The fraction of sp³-hybridized carbons (Fsp3) is 0.268. The zero-order valence-corrected chi connectivity index (χ0v) is 32.0. The Morgan fingerprint density at radius 1 is 0.983 bits per heavy atom. The molecule has 59 heavy (non-hydrogen) atoms. The van der Waals surface area contributed by atoms with Crippen LogP contribution in [0.2, 0.25) is 10.0 Å². The summed E-state index contributed by atoms with van der Waals surface area (Å²) < 4.78 is 46.3. The number of ether oxygens (including phenoxy) is 1. The average molecular weight is 852 g/mol. The number of imide groups is 2. The number of nitrogens with zero attached hydrogens (tertiary/aromatic N) is 3. The lowest BCUT2D eigenvalue weighted by Gasteiger charge is -2.50. The number of halogens is 5. The smallest absolute Gasteiger partial charge is 0.417 e. The van der Waals surface area contributed by atoms with Crippen LogP contribution in [-0.2, 0) is 30.8 Å². The summed E-state index contributed by atoms with van der Waals surface area (Å²) in [6.45, 7) is 1.84. The lowest BCUT2D eigenvalue weighted by Crippen LogP contribution is -2.53. The Hall–Kier alpha value is -6.13. The van der Waals surface area contributed by atoms with E-state index in [1.807, 2.05) is 0 Å². The summed E-state index contributed by atoms with van der Waals surface area (Å²) in [5.74, 6) is -11.5. The van der Waals surface area contributed by atoms with Gasteiger partial charge in [-0.05, 0) is 67.6 Å². The number of benzene rings is 3. The van der Waals surface area contributed by atoms with Crippen LogP contribution in [0, 0.1) is 23.7 Å². The quantitative estimate of drug-likeness (QED) is 0.105. The minimum absolute atomic E-state index is 0.0181. The van der Waals surface area contributed by atoms with Crippen molar-refractivity contribution in [1.82, 2.24) is 9.99 Å². The van der Waals surface area contributed by atoms with Crippen LogP contribution in [0.25, 0.3) is 0 Å². The fourth-order valence-electron chi connectivity index (χ4n) is 9.27. The number of hydrazine groups is 1. The molecule has 0 spiro atoms. The second-order valence-electron chi connectivity index (χ2n) is 14.6. The summed E-state index contributed by atoms with van der Waals surface area (Å²) in [6.07, 6.45) is -2.81. The second-order valence-corrected chi connectivity index (χ2v) is 15.4. The summed E-state index contributed by atoms with van der Waals surface area (Å²) >= 11 is 12.6. The van der Waals surface area contributed by atoms with E-state index in [0.717, 1.165) is 17.0 Å². The van der Waals surface area contributed by atoms with Gasteiger partial charge in [-0.1, -0.05) is 59.1 Å². The number of rotatable bonds is 8. The molecule has 3 heterocycles. The largest absolute Gasteiger partial charge is 0.507 e. The van der Waals surface area contributed by atoms with Crippen molar-refractivity contribution in [3.8, 4) is 17.2 Å². The number of anilines is 2. The number of alkyl halides is 3. The fourth-order valence-corrected chi connectivity index (χ4v) is 9.60. The van der Waals surface area contributed by atoms with Crippen LogP contribution >= 0.6 is 23.2 Å². The van der Waals surface area contributed by atoms with Gasteiger partial charge in [0.2, 0.25) is 11.8 Å². The number of carbonyl (C=O) groups is 5. The summed E-state index contributed by atoms with van der Waals surface area (Å²) in [5.41, 5.74) is -0.208. The predicted octanol–water partition coefficient (Wildman–Crippen LogP) is 7.10. The van der Waals surface area contributed by atoms with Crippen molar-refractivity contribution < 1.29 is 57.2 Å². The van der Waals surface area contributed by atoms with Crippen LogP contribution in [0.3, 0.4) is 0 Å². The van der Waals surface area contributed by atoms with Gasteiger partial charge in [-0.2, -0.15) is 18.2 Å². The highest BCUT2D eigenvalue weighted by atomic mass is 35.5. The van der Waals surface area contributed by atoms with E-state index in [9.17, 15) is 47.7 Å². The molecule has 2 aliphatic heterocycles. The standard InChI is InChI=1S/C41H31Cl2F3N4O9/c1-2-59-30-5-3-4-25(33(30)52)32-22-12-13-24-31(37(55)49(35(24)53)21-10-11-23(38(56)57)29(51)15-21)26(22)16-27-36(54)50(39(58)40(27,32)18-6-8-20(42)9-7-18)48-34-28(43)14-19(17-47-34)41(44,45)46/h3-12,14-15,17,24,26-27,31-32,51-52H,2,13,16H2,1H3,(H,47,48)(H,56,57)/t24-,26+,27-,31-,32+,40+/m0/s1. The number of carboxylic acids is 1. The van der Waals surface area contributed by atoms with Crippen molar-refractivity contribution in [3.63, 3.8) is 0 Å². The van der Waals surface area contributed by atoms with Crippen molar-refractivity contribution in [2.24, 2.45) is 23.7 Å². The molecule has 3 fully saturated rings. The van der Waals surface area contributed by atoms with E-state index in [1.165, 1.54) is 24.3 Å². The summed E-state index contributed by atoms with van der Waals surface area (Å²) in [5, 5.41) is 32.2. The van der Waals surface area contributed by atoms with E-state index in [4.69, 9.17) is 27.9 Å². The van der Waals surface area contributed by atoms with Crippen LogP contribution in [-0.4, -0.2) is 61.5 Å². The maximum atomic E-state index is 15.4. The Labute approximate surface area is 342 Å². The number of amides is 4. The molecule has 4 aromatic rings. The van der Waals surface area contributed by atoms with Crippen LogP contribution in [0.4, 0.5) is 24.7 Å². The number of fused-ring (bicyclic) bond motifs is 4. The Kier molecular flexibility index (Phi) is 9.62. The molecular formula is C41H31Cl2F3N4O9. The highest BCUT2D eigenvalue weighted by Crippen LogP contribution is 2.65. The van der Waals surface area contributed by atoms with E-state index in [1.54, 1.807) is 37.3 Å². The monoisotopic (exact) mass is 850 g/mol. The number of hydrogen-bond donors (Lipinski definition) is 4. The molecule has 4 N–H and O–H groups in total. The number of aromatic nitrogens is 1. The Morgan fingerprint density at radius 2 is 1.71 bits per heavy atom. The number of phenolic OH excluding ortho intramolecular Hbond substituents is 1. The van der Waals surface area contributed by atoms with Gasteiger partial charge in [-0.15, -0.1) is 0 Å². The zero-order valence-electron chi connectivity index (χ0n) is 30.5. The number of hydrogen-bond acceptors (Lipinski definition) is 10. The van der Waals surface area contributed by atoms with Crippen molar-refractivity contribution in [2.75, 3.05) is 16.9 Å². The Balaban J connectivity index is 1.31. The van der Waals surface area contributed by atoms with Crippen LogP contribution in [0.15, 0.2) is 84.6 Å². The number of allylic oxidation sites excluding steroid dienone is 2. The van der Waals surface area contributed by atoms with Gasteiger partial charge in [0.15, 0.2) is 17.3 Å². The third-order valence-corrected chi connectivity index (χ3v) is 12.2. The molecule has 4 aliphatic rings. The SMILES string of the molecule is CCOc1cccc([C@H]2C3=CC[C@@H]4C(=O)N(c5ccc(C(=O)O)c(O)c5)C(=O)[C@@H]4[C@@H]3C[C@H]3C(=O)N(Nc4ncc(C(F)(F)F)cc4Cl)C(=O)[C@@]23c2ccc(Cl)cc2)c1O. The van der Waals surface area contributed by atoms with Gasteiger partial charge >= 0.3 is 12.1 Å². The maximum Gasteiger partial charge on any atom is 0.417 e. The molecule has 18 heteroatoms. The first-order valence-corrected chi connectivity index (χ1v) is 19.0. The van der Waals surface area contributed by atoms with Crippen molar-refractivity contribution in [1.29, 1.82) is 0 Å². The molecule has 0 radical (unpaired) electrons. The minimum Gasteiger partial charge on any atom is -0.507 e.